The van der Waals surface area contributed by atoms with Crippen molar-refractivity contribution in [2.45, 2.75) is 39.7 Å². The van der Waals surface area contributed by atoms with Crippen LogP contribution in [0.15, 0.2) is 18.2 Å². The molecule has 1 atom stereocenters. The number of hydrogen-bond acceptors (Lipinski definition) is 4. The zero-order valence-electron chi connectivity index (χ0n) is 14.0. The van der Waals surface area contributed by atoms with Gasteiger partial charge in [0.1, 0.15) is 11.5 Å². The molecule has 0 radical (unpaired) electrons. The van der Waals surface area contributed by atoms with Crippen molar-refractivity contribution in [2.75, 3.05) is 27.3 Å². The molecule has 0 aliphatic rings. The summed E-state index contributed by atoms with van der Waals surface area (Å²) in [5, 5.41) is 0. The summed E-state index contributed by atoms with van der Waals surface area (Å²) >= 11 is 0. The van der Waals surface area contributed by atoms with Crippen LogP contribution in [0.4, 0.5) is 0 Å². The van der Waals surface area contributed by atoms with Gasteiger partial charge < -0.3 is 9.47 Å². The Morgan fingerprint density at radius 3 is 1.86 bits per heavy atom. The van der Waals surface area contributed by atoms with Gasteiger partial charge in [-0.05, 0) is 38.6 Å². The lowest BCUT2D eigenvalue weighted by molar-refractivity contribution is 0.0607. The lowest BCUT2D eigenvalue weighted by Crippen LogP contribution is -2.51. The van der Waals surface area contributed by atoms with Crippen LogP contribution in [0, 0.1) is 0 Å². The first-order valence-corrected chi connectivity index (χ1v) is 7.49. The number of nitrogens with zero attached hydrogens (tertiary/aromatic N) is 1. The summed E-state index contributed by atoms with van der Waals surface area (Å²) < 4.78 is 10.5. The molecule has 4 heteroatoms. The molecule has 0 N–H and O–H groups in total. The van der Waals surface area contributed by atoms with Crippen molar-refractivity contribution in [3.05, 3.63) is 23.8 Å². The van der Waals surface area contributed by atoms with Crippen LogP contribution in [0.25, 0.3) is 0 Å². The number of rotatable bonds is 8. The van der Waals surface area contributed by atoms with E-state index in [0.717, 1.165) is 19.5 Å². The van der Waals surface area contributed by atoms with Gasteiger partial charge in [-0.15, -0.1) is 0 Å². The van der Waals surface area contributed by atoms with Crippen LogP contribution >= 0.6 is 0 Å². The summed E-state index contributed by atoms with van der Waals surface area (Å²) in [5.41, 5.74) is 0.114. The maximum Gasteiger partial charge on any atom is 0.183 e. The standard InChI is InChI=1S/C17H27NO3/c1-7-17(4,18(8-2)9-3)16(19)13-10-14(20-5)12-15(11-13)21-6/h10-12H,7-9H2,1-6H3. The molecule has 1 aromatic rings. The SMILES string of the molecule is CCN(CC)C(C)(CC)C(=O)c1cc(OC)cc(OC)c1. The molecule has 0 spiro atoms. The quantitative estimate of drug-likeness (QED) is 0.689. The minimum absolute atomic E-state index is 0.103. The molecule has 0 amide bonds. The number of carbonyl (C=O) groups excluding carboxylic acids is 1. The highest BCUT2D eigenvalue weighted by Crippen LogP contribution is 2.29. The van der Waals surface area contributed by atoms with E-state index < -0.39 is 5.54 Å². The summed E-state index contributed by atoms with van der Waals surface area (Å²) in [6, 6.07) is 5.34. The Bertz CT molecular complexity index is 461. The number of likely N-dealkylation sites (N-methyl/N-ethyl adjacent to an activating group) is 1. The third-order valence-corrected chi connectivity index (χ3v) is 4.25. The minimum atomic E-state index is -0.513. The molecule has 21 heavy (non-hydrogen) atoms. The number of ether oxygens (including phenoxy) is 2. The third kappa shape index (κ3) is 3.56. The number of carbonyl (C=O) groups is 1. The van der Waals surface area contributed by atoms with Gasteiger partial charge in [0.2, 0.25) is 0 Å². The fourth-order valence-corrected chi connectivity index (χ4v) is 2.70. The second-order valence-corrected chi connectivity index (χ2v) is 5.23. The Morgan fingerprint density at radius 1 is 1.05 bits per heavy atom. The van der Waals surface area contributed by atoms with E-state index in [9.17, 15) is 4.79 Å². The van der Waals surface area contributed by atoms with Gasteiger partial charge in [-0.2, -0.15) is 0 Å². The molecule has 4 nitrogen and oxygen atoms in total. The second kappa shape index (κ2) is 7.46. The normalized spacial score (nSPS) is 13.9. The fraction of sp³-hybridized carbons (Fsp3) is 0.588. The van der Waals surface area contributed by atoms with Crippen molar-refractivity contribution >= 4 is 5.78 Å². The molecule has 1 unspecified atom stereocenters. The summed E-state index contributed by atoms with van der Waals surface area (Å²) in [4.78, 5) is 15.2. The van der Waals surface area contributed by atoms with E-state index in [1.807, 2.05) is 13.8 Å². The van der Waals surface area contributed by atoms with Crippen molar-refractivity contribution in [2.24, 2.45) is 0 Å². The van der Waals surface area contributed by atoms with Gasteiger partial charge in [-0.3, -0.25) is 9.69 Å². The van der Waals surface area contributed by atoms with Gasteiger partial charge in [-0.1, -0.05) is 20.8 Å². The van der Waals surface area contributed by atoms with Crippen LogP contribution in [0.3, 0.4) is 0 Å². The molecule has 118 valence electrons. The van der Waals surface area contributed by atoms with Gasteiger partial charge in [0.05, 0.1) is 19.8 Å². The molecular weight excluding hydrogens is 266 g/mol. The van der Waals surface area contributed by atoms with Gasteiger partial charge in [0.15, 0.2) is 5.78 Å². The largest absolute Gasteiger partial charge is 0.497 e. The lowest BCUT2D eigenvalue weighted by atomic mass is 9.86. The predicted molar refractivity (Wildman–Crippen MR) is 85.5 cm³/mol. The highest BCUT2D eigenvalue weighted by atomic mass is 16.5. The number of hydrogen-bond donors (Lipinski definition) is 0. The van der Waals surface area contributed by atoms with Crippen LogP contribution in [0.1, 0.15) is 44.5 Å². The van der Waals surface area contributed by atoms with Gasteiger partial charge in [0, 0.05) is 11.6 Å². The van der Waals surface area contributed by atoms with E-state index in [0.29, 0.717) is 17.1 Å². The molecule has 0 aliphatic heterocycles. The maximum atomic E-state index is 13.0. The van der Waals surface area contributed by atoms with Crippen LogP contribution in [0.5, 0.6) is 11.5 Å². The van der Waals surface area contributed by atoms with Crippen LogP contribution in [0.2, 0.25) is 0 Å². The van der Waals surface area contributed by atoms with Crippen molar-refractivity contribution in [1.29, 1.82) is 0 Å². The van der Waals surface area contributed by atoms with Crippen molar-refractivity contribution in [3.8, 4) is 11.5 Å². The topological polar surface area (TPSA) is 38.8 Å². The van der Waals surface area contributed by atoms with E-state index in [2.05, 4.69) is 18.7 Å². The smallest absolute Gasteiger partial charge is 0.183 e. The monoisotopic (exact) mass is 293 g/mol. The molecule has 1 aromatic carbocycles. The molecule has 0 aliphatic carbocycles. The average Bonchev–Trinajstić information content (AvgIpc) is 2.54. The van der Waals surface area contributed by atoms with Crippen LogP contribution in [-0.4, -0.2) is 43.5 Å². The number of ketones is 1. The molecular formula is C17H27NO3. The highest BCUT2D eigenvalue weighted by molar-refractivity contribution is 6.03. The molecule has 0 saturated carbocycles. The number of methoxy groups -OCH3 is 2. The van der Waals surface area contributed by atoms with Gasteiger partial charge >= 0.3 is 0 Å². The van der Waals surface area contributed by atoms with Crippen LogP contribution < -0.4 is 9.47 Å². The molecule has 0 fully saturated rings. The predicted octanol–water partition coefficient (Wildman–Crippen LogP) is 3.40. The van der Waals surface area contributed by atoms with Gasteiger partial charge in [-0.25, -0.2) is 0 Å². The van der Waals surface area contributed by atoms with E-state index in [-0.39, 0.29) is 5.78 Å². The zero-order chi connectivity index (χ0) is 16.0. The fourth-order valence-electron chi connectivity index (χ4n) is 2.70. The molecule has 0 saturated heterocycles. The van der Waals surface area contributed by atoms with Gasteiger partial charge in [0.25, 0.3) is 0 Å². The Morgan fingerprint density at radius 2 is 1.52 bits per heavy atom. The highest BCUT2D eigenvalue weighted by Gasteiger charge is 2.37. The summed E-state index contributed by atoms with van der Waals surface area (Å²) in [6.07, 6.45) is 0.757. The van der Waals surface area contributed by atoms with Crippen molar-refractivity contribution in [3.63, 3.8) is 0 Å². The molecule has 0 bridgehead atoms. The molecule has 0 heterocycles. The first kappa shape index (κ1) is 17.5. The Balaban J connectivity index is 3.27. The van der Waals surface area contributed by atoms with Crippen LogP contribution in [-0.2, 0) is 0 Å². The summed E-state index contributed by atoms with van der Waals surface area (Å²) in [5.74, 6) is 1.37. The lowest BCUT2D eigenvalue weighted by Gasteiger charge is -2.38. The number of Topliss-reactive ketones (excluding diaryl/α,β-unsaturated/α-hetero) is 1. The first-order valence-electron chi connectivity index (χ1n) is 7.49. The second-order valence-electron chi connectivity index (χ2n) is 5.23. The summed E-state index contributed by atoms with van der Waals surface area (Å²) in [6.45, 7) is 9.90. The Hall–Kier alpha value is -1.55. The third-order valence-electron chi connectivity index (χ3n) is 4.25. The molecule has 0 aromatic heterocycles. The van der Waals surface area contributed by atoms with Crippen molar-refractivity contribution in [1.82, 2.24) is 4.90 Å². The minimum Gasteiger partial charge on any atom is -0.497 e. The molecule has 1 rings (SSSR count). The Labute approximate surface area is 128 Å². The van der Waals surface area contributed by atoms with E-state index in [1.165, 1.54) is 0 Å². The zero-order valence-corrected chi connectivity index (χ0v) is 14.0. The Kier molecular flexibility index (Phi) is 6.21. The van der Waals surface area contributed by atoms with E-state index in [1.54, 1.807) is 32.4 Å². The first-order chi connectivity index (χ1) is 9.96. The maximum absolute atomic E-state index is 13.0. The average molecular weight is 293 g/mol. The summed E-state index contributed by atoms with van der Waals surface area (Å²) in [7, 11) is 3.18. The van der Waals surface area contributed by atoms with Crippen molar-refractivity contribution < 1.29 is 14.3 Å². The number of benzene rings is 1. The van der Waals surface area contributed by atoms with E-state index >= 15 is 0 Å². The van der Waals surface area contributed by atoms with E-state index in [4.69, 9.17) is 9.47 Å².